The van der Waals surface area contributed by atoms with E-state index in [-0.39, 0.29) is 5.54 Å². The molecule has 0 spiro atoms. The number of nitrogens with two attached hydrogens (primary N) is 1. The lowest BCUT2D eigenvalue weighted by atomic mass is 9.95. The van der Waals surface area contributed by atoms with E-state index in [1.54, 1.807) is 0 Å². The second-order valence-electron chi connectivity index (χ2n) is 5.36. The van der Waals surface area contributed by atoms with Crippen molar-refractivity contribution in [3.8, 4) is 0 Å². The number of anilines is 1. The van der Waals surface area contributed by atoms with Gasteiger partial charge >= 0.3 is 0 Å². The van der Waals surface area contributed by atoms with Gasteiger partial charge in [0.05, 0.1) is 0 Å². The molecule has 0 bridgehead atoms. The van der Waals surface area contributed by atoms with Crippen LogP contribution < -0.4 is 10.6 Å². The number of rotatable bonds is 4. The van der Waals surface area contributed by atoms with Crippen LogP contribution in [0, 0.1) is 0 Å². The van der Waals surface area contributed by atoms with Crippen molar-refractivity contribution in [2.24, 2.45) is 5.73 Å². The molecule has 18 heavy (non-hydrogen) atoms. The number of para-hydroxylation sites is 1. The molecule has 1 heterocycles. The molecule has 100 valence electrons. The van der Waals surface area contributed by atoms with Crippen LogP contribution in [-0.2, 0) is 0 Å². The topological polar surface area (TPSA) is 32.5 Å². The predicted octanol–water partition coefficient (Wildman–Crippen LogP) is 1.94. The van der Waals surface area contributed by atoms with Crippen LogP contribution >= 0.6 is 0 Å². The summed E-state index contributed by atoms with van der Waals surface area (Å²) in [4.78, 5) is 5.01. The standard InChI is InChI=1S/C15H25N3/c1-3-15(2,13-16)18-11-9-17(10-12-18)14-7-5-4-6-8-14/h4-8H,3,9-13,16H2,1-2H3. The monoisotopic (exact) mass is 247 g/mol. The molecule has 1 fully saturated rings. The Morgan fingerprint density at radius 1 is 1.11 bits per heavy atom. The molecule has 1 aromatic carbocycles. The molecule has 3 heteroatoms. The molecule has 0 saturated carbocycles. The zero-order chi connectivity index (χ0) is 13.0. The quantitative estimate of drug-likeness (QED) is 0.882. The minimum Gasteiger partial charge on any atom is -0.369 e. The van der Waals surface area contributed by atoms with Gasteiger partial charge < -0.3 is 10.6 Å². The highest BCUT2D eigenvalue weighted by Crippen LogP contribution is 2.22. The van der Waals surface area contributed by atoms with Crippen molar-refractivity contribution in [3.63, 3.8) is 0 Å². The average molecular weight is 247 g/mol. The van der Waals surface area contributed by atoms with Crippen molar-refractivity contribution in [1.29, 1.82) is 0 Å². The van der Waals surface area contributed by atoms with Gasteiger partial charge in [-0.2, -0.15) is 0 Å². The number of hydrogen-bond donors (Lipinski definition) is 1. The fourth-order valence-electron chi connectivity index (χ4n) is 2.64. The Morgan fingerprint density at radius 2 is 1.72 bits per heavy atom. The van der Waals surface area contributed by atoms with Gasteiger partial charge in [-0.25, -0.2) is 0 Å². The highest BCUT2D eigenvalue weighted by Gasteiger charge is 2.31. The molecule has 0 amide bonds. The third-order valence-corrected chi connectivity index (χ3v) is 4.37. The van der Waals surface area contributed by atoms with Crippen LogP contribution in [0.1, 0.15) is 20.3 Å². The third-order valence-electron chi connectivity index (χ3n) is 4.37. The first-order valence-corrected chi connectivity index (χ1v) is 6.95. The Hall–Kier alpha value is -1.06. The Labute approximate surface area is 111 Å². The van der Waals surface area contributed by atoms with E-state index in [4.69, 9.17) is 5.73 Å². The van der Waals surface area contributed by atoms with Gasteiger partial charge in [0, 0.05) is 44.0 Å². The maximum atomic E-state index is 5.94. The number of nitrogens with zero attached hydrogens (tertiary/aromatic N) is 2. The molecule has 1 aromatic rings. The minimum atomic E-state index is 0.169. The summed E-state index contributed by atoms with van der Waals surface area (Å²) in [6, 6.07) is 10.7. The van der Waals surface area contributed by atoms with E-state index < -0.39 is 0 Å². The summed E-state index contributed by atoms with van der Waals surface area (Å²) < 4.78 is 0. The largest absolute Gasteiger partial charge is 0.369 e. The summed E-state index contributed by atoms with van der Waals surface area (Å²) in [6.07, 6.45) is 1.12. The second-order valence-corrected chi connectivity index (χ2v) is 5.36. The van der Waals surface area contributed by atoms with Gasteiger partial charge in [0.25, 0.3) is 0 Å². The normalized spacial score (nSPS) is 20.7. The van der Waals surface area contributed by atoms with E-state index >= 15 is 0 Å². The van der Waals surface area contributed by atoms with Crippen LogP contribution in [0.25, 0.3) is 0 Å². The lowest BCUT2D eigenvalue weighted by Gasteiger charge is -2.45. The van der Waals surface area contributed by atoms with Gasteiger partial charge in [0.2, 0.25) is 0 Å². The third kappa shape index (κ3) is 2.68. The SMILES string of the molecule is CCC(C)(CN)N1CCN(c2ccccc2)CC1. The molecule has 1 unspecified atom stereocenters. The average Bonchev–Trinajstić information content (AvgIpc) is 2.47. The lowest BCUT2D eigenvalue weighted by Crippen LogP contribution is -2.58. The molecule has 1 atom stereocenters. The highest BCUT2D eigenvalue weighted by atomic mass is 15.3. The Kier molecular flexibility index (Phi) is 4.25. The Morgan fingerprint density at radius 3 is 2.22 bits per heavy atom. The predicted molar refractivity (Wildman–Crippen MR) is 78.0 cm³/mol. The summed E-state index contributed by atoms with van der Waals surface area (Å²) >= 11 is 0. The van der Waals surface area contributed by atoms with E-state index in [1.807, 2.05) is 0 Å². The van der Waals surface area contributed by atoms with Gasteiger partial charge in [-0.15, -0.1) is 0 Å². The molecule has 1 saturated heterocycles. The number of piperazine rings is 1. The molecule has 0 radical (unpaired) electrons. The first-order valence-electron chi connectivity index (χ1n) is 6.95. The van der Waals surface area contributed by atoms with Crippen molar-refractivity contribution in [3.05, 3.63) is 30.3 Å². The van der Waals surface area contributed by atoms with Crippen LogP contribution in [0.4, 0.5) is 5.69 Å². The molecule has 1 aliphatic heterocycles. The molecule has 0 aromatic heterocycles. The van der Waals surface area contributed by atoms with E-state index in [0.717, 1.165) is 39.1 Å². The highest BCUT2D eigenvalue weighted by molar-refractivity contribution is 5.46. The molecule has 0 aliphatic carbocycles. The van der Waals surface area contributed by atoms with Crippen LogP contribution in [0.3, 0.4) is 0 Å². The number of hydrogen-bond acceptors (Lipinski definition) is 3. The summed E-state index contributed by atoms with van der Waals surface area (Å²) in [7, 11) is 0. The minimum absolute atomic E-state index is 0.169. The maximum absolute atomic E-state index is 5.94. The first kappa shape index (κ1) is 13.4. The van der Waals surface area contributed by atoms with E-state index in [9.17, 15) is 0 Å². The molecule has 2 N–H and O–H groups in total. The van der Waals surface area contributed by atoms with Crippen LogP contribution in [0.5, 0.6) is 0 Å². The van der Waals surface area contributed by atoms with Crippen molar-refractivity contribution < 1.29 is 0 Å². The van der Waals surface area contributed by atoms with Gasteiger partial charge in [-0.05, 0) is 25.5 Å². The molecular weight excluding hydrogens is 222 g/mol. The van der Waals surface area contributed by atoms with Gasteiger partial charge in [-0.3, -0.25) is 4.90 Å². The van der Waals surface area contributed by atoms with Crippen LogP contribution in [-0.4, -0.2) is 43.2 Å². The Balaban J connectivity index is 1.96. The van der Waals surface area contributed by atoms with Crippen molar-refractivity contribution in [1.82, 2.24) is 4.90 Å². The molecule has 2 rings (SSSR count). The van der Waals surface area contributed by atoms with Crippen molar-refractivity contribution in [2.75, 3.05) is 37.6 Å². The second kappa shape index (κ2) is 5.72. The molecule has 1 aliphatic rings. The molecular formula is C15H25N3. The van der Waals surface area contributed by atoms with Gasteiger partial charge in [-0.1, -0.05) is 25.1 Å². The van der Waals surface area contributed by atoms with Gasteiger partial charge in [0.15, 0.2) is 0 Å². The van der Waals surface area contributed by atoms with E-state index in [0.29, 0.717) is 0 Å². The molecule has 3 nitrogen and oxygen atoms in total. The first-order chi connectivity index (χ1) is 8.69. The van der Waals surface area contributed by atoms with E-state index in [1.165, 1.54) is 5.69 Å². The van der Waals surface area contributed by atoms with E-state index in [2.05, 4.69) is 54.0 Å². The maximum Gasteiger partial charge on any atom is 0.0367 e. The summed E-state index contributed by atoms with van der Waals surface area (Å²) in [6.45, 7) is 9.67. The van der Waals surface area contributed by atoms with Crippen molar-refractivity contribution in [2.45, 2.75) is 25.8 Å². The summed E-state index contributed by atoms with van der Waals surface area (Å²) in [5.74, 6) is 0. The van der Waals surface area contributed by atoms with Crippen LogP contribution in [0.15, 0.2) is 30.3 Å². The van der Waals surface area contributed by atoms with Crippen molar-refractivity contribution >= 4 is 5.69 Å². The summed E-state index contributed by atoms with van der Waals surface area (Å²) in [5.41, 5.74) is 7.44. The smallest absolute Gasteiger partial charge is 0.0367 e. The zero-order valence-corrected chi connectivity index (χ0v) is 11.6. The Bertz CT molecular complexity index is 351. The van der Waals surface area contributed by atoms with Crippen LogP contribution in [0.2, 0.25) is 0 Å². The fourth-order valence-corrected chi connectivity index (χ4v) is 2.64. The van der Waals surface area contributed by atoms with Gasteiger partial charge in [0.1, 0.15) is 0 Å². The lowest BCUT2D eigenvalue weighted by molar-refractivity contribution is 0.0988. The zero-order valence-electron chi connectivity index (χ0n) is 11.6. The number of benzene rings is 1. The summed E-state index contributed by atoms with van der Waals surface area (Å²) in [5, 5.41) is 0. The fraction of sp³-hybridized carbons (Fsp3) is 0.600.